The summed E-state index contributed by atoms with van der Waals surface area (Å²) < 4.78 is 29.2. The SMILES string of the molecule is Cc1ccc(S(=O)(=O)NC(C(=O)O)C2(SN=O)CCN(C)CC2)cc1. The van der Waals surface area contributed by atoms with Crippen molar-refractivity contribution in [3.8, 4) is 0 Å². The Morgan fingerprint density at radius 2 is 1.88 bits per heavy atom. The Balaban J connectivity index is 2.34. The lowest BCUT2D eigenvalue weighted by atomic mass is 9.89. The molecule has 1 aliphatic heterocycles. The lowest BCUT2D eigenvalue weighted by Crippen LogP contribution is -2.58. The second kappa shape index (κ2) is 7.81. The highest BCUT2D eigenvalue weighted by atomic mass is 32.2. The van der Waals surface area contributed by atoms with Crippen molar-refractivity contribution in [2.75, 3.05) is 20.1 Å². The molecule has 0 bridgehead atoms. The zero-order valence-corrected chi connectivity index (χ0v) is 15.6. The molecule has 0 aliphatic carbocycles. The third-order valence-corrected chi connectivity index (χ3v) is 6.95. The minimum atomic E-state index is -4.04. The Hall–Kier alpha value is -1.49. The zero-order valence-electron chi connectivity index (χ0n) is 14.0. The van der Waals surface area contributed by atoms with Crippen LogP contribution in [0.25, 0.3) is 0 Å². The maximum atomic E-state index is 12.6. The first-order chi connectivity index (χ1) is 11.7. The number of hydrogen-bond acceptors (Lipinski definition) is 7. The number of carboxylic acids is 1. The van der Waals surface area contributed by atoms with Gasteiger partial charge < -0.3 is 10.0 Å². The molecule has 1 aliphatic rings. The predicted molar refractivity (Wildman–Crippen MR) is 95.8 cm³/mol. The lowest BCUT2D eigenvalue weighted by molar-refractivity contribution is -0.140. The van der Waals surface area contributed by atoms with E-state index in [0.29, 0.717) is 37.9 Å². The van der Waals surface area contributed by atoms with E-state index in [2.05, 4.69) is 9.30 Å². The Morgan fingerprint density at radius 1 is 1.32 bits per heavy atom. The number of benzene rings is 1. The van der Waals surface area contributed by atoms with Gasteiger partial charge in [0.15, 0.2) is 0 Å². The number of aryl methyl sites for hydroxylation is 1. The quantitative estimate of drug-likeness (QED) is 0.539. The molecule has 25 heavy (non-hydrogen) atoms. The molecule has 10 heteroatoms. The molecule has 0 aromatic heterocycles. The molecule has 1 unspecified atom stereocenters. The van der Waals surface area contributed by atoms with Crippen molar-refractivity contribution in [1.29, 1.82) is 0 Å². The molecule has 2 rings (SSSR count). The number of nitroso groups, excluding NO2 is 1. The van der Waals surface area contributed by atoms with Gasteiger partial charge in [0.1, 0.15) is 6.04 Å². The van der Waals surface area contributed by atoms with Gasteiger partial charge in [0.2, 0.25) is 10.0 Å². The molecule has 0 saturated carbocycles. The Kier molecular flexibility index (Phi) is 6.20. The largest absolute Gasteiger partial charge is 0.480 e. The van der Waals surface area contributed by atoms with Crippen molar-refractivity contribution in [2.24, 2.45) is 4.58 Å². The van der Waals surface area contributed by atoms with E-state index in [4.69, 9.17) is 0 Å². The summed E-state index contributed by atoms with van der Waals surface area (Å²) in [6.45, 7) is 2.93. The van der Waals surface area contributed by atoms with Crippen LogP contribution < -0.4 is 4.72 Å². The molecule has 0 amide bonds. The van der Waals surface area contributed by atoms with Gasteiger partial charge in [-0.2, -0.15) is 4.72 Å². The maximum Gasteiger partial charge on any atom is 0.323 e. The standard InChI is InChI=1S/C15H21N3O5S2/c1-11-3-5-12(6-4-11)25(22,23)16-13(14(19)20)15(24-17-21)7-9-18(2)10-8-15/h3-6,13,16H,7-10H2,1-2H3,(H,19,20). The first-order valence-electron chi connectivity index (χ1n) is 7.71. The van der Waals surface area contributed by atoms with E-state index in [0.717, 1.165) is 5.56 Å². The fraction of sp³-hybridized carbons (Fsp3) is 0.533. The summed E-state index contributed by atoms with van der Waals surface area (Å²) in [5.41, 5.74) is 0.890. The van der Waals surface area contributed by atoms with E-state index in [-0.39, 0.29) is 4.90 Å². The fourth-order valence-electron chi connectivity index (χ4n) is 2.83. The third-order valence-electron chi connectivity index (χ3n) is 4.43. The second-order valence-electron chi connectivity index (χ2n) is 6.24. The summed E-state index contributed by atoms with van der Waals surface area (Å²) in [4.78, 5) is 24.7. The van der Waals surface area contributed by atoms with Crippen molar-refractivity contribution < 1.29 is 18.3 Å². The van der Waals surface area contributed by atoms with Crippen molar-refractivity contribution in [3.05, 3.63) is 34.7 Å². The van der Waals surface area contributed by atoms with Crippen LogP contribution in [-0.2, 0) is 14.8 Å². The summed E-state index contributed by atoms with van der Waals surface area (Å²) in [6.07, 6.45) is 0.681. The van der Waals surface area contributed by atoms with E-state index in [1.54, 1.807) is 12.1 Å². The Labute approximate surface area is 151 Å². The van der Waals surface area contributed by atoms with Crippen LogP contribution in [0.2, 0.25) is 0 Å². The Bertz CT molecular complexity index is 728. The molecular formula is C15H21N3O5S2. The minimum Gasteiger partial charge on any atom is -0.480 e. The van der Waals surface area contributed by atoms with Gasteiger partial charge >= 0.3 is 5.97 Å². The number of carbonyl (C=O) groups is 1. The van der Waals surface area contributed by atoms with Gasteiger partial charge in [0, 0.05) is 16.5 Å². The first-order valence-corrected chi connectivity index (χ1v) is 9.97. The van der Waals surface area contributed by atoms with Gasteiger partial charge in [-0.25, -0.2) is 8.42 Å². The van der Waals surface area contributed by atoms with Crippen LogP contribution in [-0.4, -0.2) is 55.3 Å². The van der Waals surface area contributed by atoms with Crippen molar-refractivity contribution >= 4 is 27.9 Å². The molecule has 8 nitrogen and oxygen atoms in total. The predicted octanol–water partition coefficient (Wildman–Crippen LogP) is 1.61. The highest BCUT2D eigenvalue weighted by Crippen LogP contribution is 2.40. The molecule has 1 heterocycles. The van der Waals surface area contributed by atoms with E-state index in [1.807, 2.05) is 18.9 Å². The molecule has 2 N–H and O–H groups in total. The van der Waals surface area contributed by atoms with Crippen LogP contribution in [0.15, 0.2) is 33.7 Å². The average molecular weight is 387 g/mol. The monoisotopic (exact) mass is 387 g/mol. The molecule has 1 atom stereocenters. The highest BCUT2D eigenvalue weighted by molar-refractivity contribution is 7.99. The number of hydrogen-bond donors (Lipinski definition) is 2. The third kappa shape index (κ3) is 4.57. The van der Waals surface area contributed by atoms with Crippen LogP contribution in [0.3, 0.4) is 0 Å². The number of likely N-dealkylation sites (tertiary alicyclic amines) is 1. The molecule has 0 radical (unpaired) electrons. The van der Waals surface area contributed by atoms with E-state index >= 15 is 0 Å². The van der Waals surface area contributed by atoms with Crippen LogP contribution >= 0.6 is 11.9 Å². The summed E-state index contributed by atoms with van der Waals surface area (Å²) in [6, 6.07) is 4.66. The minimum absolute atomic E-state index is 0.0171. The normalized spacial score (nSPS) is 19.3. The van der Waals surface area contributed by atoms with E-state index in [9.17, 15) is 23.2 Å². The number of sulfonamides is 1. The number of piperidine rings is 1. The zero-order chi connectivity index (χ0) is 18.7. The number of rotatable bonds is 7. The molecule has 1 aromatic carbocycles. The van der Waals surface area contributed by atoms with E-state index in [1.165, 1.54) is 12.1 Å². The first kappa shape index (κ1) is 19.8. The lowest BCUT2D eigenvalue weighted by Gasteiger charge is -2.41. The van der Waals surface area contributed by atoms with Crippen LogP contribution in [0.5, 0.6) is 0 Å². The molecule has 0 spiro atoms. The fourth-order valence-corrected chi connectivity index (χ4v) is 4.95. The number of nitrogens with zero attached hydrogens (tertiary/aromatic N) is 2. The van der Waals surface area contributed by atoms with E-state index < -0.39 is 26.8 Å². The van der Waals surface area contributed by atoms with Gasteiger partial charge in [0.05, 0.1) is 9.64 Å². The smallest absolute Gasteiger partial charge is 0.323 e. The molecular weight excluding hydrogens is 366 g/mol. The maximum absolute atomic E-state index is 12.6. The highest BCUT2D eigenvalue weighted by Gasteiger charge is 2.48. The summed E-state index contributed by atoms with van der Waals surface area (Å²) >= 11 is 0.611. The topological polar surface area (TPSA) is 116 Å². The second-order valence-corrected chi connectivity index (χ2v) is 9.10. The van der Waals surface area contributed by atoms with Crippen molar-refractivity contribution in [3.63, 3.8) is 0 Å². The van der Waals surface area contributed by atoms with Gasteiger partial charge in [0.25, 0.3) is 0 Å². The van der Waals surface area contributed by atoms with Gasteiger partial charge in [-0.15, -0.1) is 4.91 Å². The molecule has 138 valence electrons. The van der Waals surface area contributed by atoms with Crippen LogP contribution in [0.4, 0.5) is 0 Å². The molecule has 1 saturated heterocycles. The molecule has 1 aromatic rings. The molecule has 1 fully saturated rings. The average Bonchev–Trinajstić information content (AvgIpc) is 2.55. The summed E-state index contributed by atoms with van der Waals surface area (Å²) in [7, 11) is -2.16. The number of nitrogens with one attached hydrogen (secondary N) is 1. The Morgan fingerprint density at radius 3 is 2.36 bits per heavy atom. The van der Waals surface area contributed by atoms with Crippen LogP contribution in [0, 0.1) is 11.8 Å². The summed E-state index contributed by atoms with van der Waals surface area (Å²) in [5, 5.41) is 9.64. The van der Waals surface area contributed by atoms with Gasteiger partial charge in [-0.1, -0.05) is 17.7 Å². The summed E-state index contributed by atoms with van der Waals surface area (Å²) in [5.74, 6) is -1.32. The van der Waals surface area contributed by atoms with Crippen molar-refractivity contribution in [1.82, 2.24) is 9.62 Å². The van der Waals surface area contributed by atoms with Gasteiger partial charge in [-0.05, 0) is 52.0 Å². The number of carboxylic acid groups (broad SMARTS) is 1. The van der Waals surface area contributed by atoms with Crippen molar-refractivity contribution in [2.45, 2.75) is 35.4 Å². The van der Waals surface area contributed by atoms with Gasteiger partial charge in [-0.3, -0.25) is 4.79 Å². The van der Waals surface area contributed by atoms with Crippen LogP contribution in [0.1, 0.15) is 18.4 Å². The number of aliphatic carboxylic acids is 1.